The van der Waals surface area contributed by atoms with Gasteiger partial charge < -0.3 is 4.90 Å². The molecule has 1 aromatic heterocycles. The van der Waals surface area contributed by atoms with Crippen LogP contribution in [0.5, 0.6) is 0 Å². The molecule has 38 heavy (non-hydrogen) atoms. The lowest BCUT2D eigenvalue weighted by Crippen LogP contribution is -2.18. The first-order valence-electron chi connectivity index (χ1n) is 13.0. The molecule has 0 amide bonds. The zero-order valence-corrected chi connectivity index (χ0v) is 20.5. The number of hydrogen-bond donors (Lipinski definition) is 0. The normalized spacial score (nSPS) is 12.7. The maximum atomic E-state index is 5.15. The van der Waals surface area contributed by atoms with Crippen molar-refractivity contribution in [3.63, 3.8) is 0 Å². The number of benzene rings is 6. The smallest absolute Gasteiger partial charge is 0.145 e. The molecular weight excluding hydrogens is 462 g/mol. The van der Waals surface area contributed by atoms with Gasteiger partial charge in [0.15, 0.2) is 0 Å². The largest absolute Gasteiger partial charge is 0.306 e. The Kier molecular flexibility index (Phi) is 3.79. The molecule has 1 aliphatic carbocycles. The molecule has 176 valence electrons. The Labute approximate surface area is 219 Å². The Balaban J connectivity index is 1.38. The van der Waals surface area contributed by atoms with Crippen LogP contribution in [0.3, 0.4) is 0 Å². The van der Waals surface area contributed by atoms with Crippen LogP contribution in [0.25, 0.3) is 61.1 Å². The summed E-state index contributed by atoms with van der Waals surface area (Å²) in [6.07, 6.45) is 0. The third kappa shape index (κ3) is 2.45. The van der Waals surface area contributed by atoms with Crippen LogP contribution in [0.1, 0.15) is 0 Å². The monoisotopic (exact) mass is 483 g/mol. The molecule has 7 aromatic rings. The maximum Gasteiger partial charge on any atom is 0.145 e. The van der Waals surface area contributed by atoms with Gasteiger partial charge in [-0.2, -0.15) is 0 Å². The first-order chi connectivity index (χ1) is 18.9. The molecule has 0 atom stereocenters. The van der Waals surface area contributed by atoms with E-state index in [0.29, 0.717) is 0 Å². The minimum absolute atomic E-state index is 0.969. The lowest BCUT2D eigenvalue weighted by Gasteiger charge is -2.33. The minimum Gasteiger partial charge on any atom is -0.306 e. The standard InChI is InChI=1S/C35H21N3/c1-2-10-22(11-3-1)35-36-28-16-9-19-32-34(28)38(35)31-18-7-6-17-30(31)37(32)29-21-20-26-24-13-5-4-12-23(24)25-14-8-15-27(29)33(25)26/h1-21H. The van der Waals surface area contributed by atoms with E-state index in [0.717, 1.165) is 39.5 Å². The van der Waals surface area contributed by atoms with Gasteiger partial charge in [0.1, 0.15) is 5.82 Å². The van der Waals surface area contributed by atoms with Crippen LogP contribution in [0.2, 0.25) is 0 Å². The molecule has 2 heterocycles. The number of fused-ring (bicyclic) bond motifs is 5. The van der Waals surface area contributed by atoms with E-state index in [1.54, 1.807) is 0 Å². The molecular formula is C35H21N3. The highest BCUT2D eigenvalue weighted by Crippen LogP contribution is 2.53. The fraction of sp³-hybridized carbons (Fsp3) is 0. The van der Waals surface area contributed by atoms with Gasteiger partial charge in [0.2, 0.25) is 0 Å². The summed E-state index contributed by atoms with van der Waals surface area (Å²) in [6, 6.07) is 45.7. The van der Waals surface area contributed by atoms with Crippen LogP contribution < -0.4 is 4.90 Å². The van der Waals surface area contributed by atoms with Crippen molar-refractivity contribution in [3.05, 3.63) is 127 Å². The Morgan fingerprint density at radius 2 is 1.11 bits per heavy atom. The van der Waals surface area contributed by atoms with Gasteiger partial charge in [-0.3, -0.25) is 4.57 Å². The Hall–Kier alpha value is -5.15. The highest BCUT2D eigenvalue weighted by molar-refractivity contribution is 6.20. The summed E-state index contributed by atoms with van der Waals surface area (Å²) in [5.74, 6) is 0.969. The van der Waals surface area contributed by atoms with Gasteiger partial charge in [0.25, 0.3) is 0 Å². The third-order valence-electron chi connectivity index (χ3n) is 8.06. The predicted octanol–water partition coefficient (Wildman–Crippen LogP) is 9.28. The summed E-state index contributed by atoms with van der Waals surface area (Å²) in [5, 5.41) is 2.60. The van der Waals surface area contributed by atoms with E-state index >= 15 is 0 Å². The Morgan fingerprint density at radius 1 is 0.447 bits per heavy atom. The van der Waals surface area contributed by atoms with E-state index in [1.165, 1.54) is 38.7 Å². The van der Waals surface area contributed by atoms with Gasteiger partial charge in [-0.1, -0.05) is 97.1 Å². The second-order valence-corrected chi connectivity index (χ2v) is 10.0. The first kappa shape index (κ1) is 20.0. The number of hydrogen-bond acceptors (Lipinski definition) is 2. The fourth-order valence-electron chi connectivity index (χ4n) is 6.52. The molecule has 3 nitrogen and oxygen atoms in total. The summed E-state index contributed by atoms with van der Waals surface area (Å²) in [5.41, 5.74) is 13.1. The SMILES string of the molecule is c1ccc(-c2nc3cccc4c3n2-c2ccccc2N4c2ccc3c4c(cccc24)-c2ccccc2-3)cc1. The van der Waals surface area contributed by atoms with Crippen LogP contribution in [0.15, 0.2) is 127 Å². The number of aromatic nitrogens is 2. The predicted molar refractivity (Wildman–Crippen MR) is 157 cm³/mol. The summed E-state index contributed by atoms with van der Waals surface area (Å²) in [4.78, 5) is 7.58. The molecule has 0 unspecified atom stereocenters. The number of rotatable bonds is 2. The van der Waals surface area contributed by atoms with E-state index in [-0.39, 0.29) is 0 Å². The van der Waals surface area contributed by atoms with Crippen LogP contribution in [-0.2, 0) is 0 Å². The van der Waals surface area contributed by atoms with E-state index < -0.39 is 0 Å². The molecule has 3 heteroatoms. The average Bonchev–Trinajstić information content (AvgIpc) is 3.53. The van der Waals surface area contributed by atoms with E-state index in [2.05, 4.69) is 137 Å². The molecule has 0 fully saturated rings. The fourth-order valence-corrected chi connectivity index (χ4v) is 6.52. The molecule has 1 aliphatic heterocycles. The molecule has 0 saturated heterocycles. The first-order valence-corrected chi connectivity index (χ1v) is 13.0. The van der Waals surface area contributed by atoms with E-state index in [9.17, 15) is 0 Å². The summed E-state index contributed by atoms with van der Waals surface area (Å²) >= 11 is 0. The lowest BCUT2D eigenvalue weighted by atomic mass is 9.99. The highest BCUT2D eigenvalue weighted by Gasteiger charge is 2.31. The summed E-state index contributed by atoms with van der Waals surface area (Å²) in [6.45, 7) is 0. The van der Waals surface area contributed by atoms with E-state index in [4.69, 9.17) is 4.98 Å². The average molecular weight is 484 g/mol. The molecule has 2 aliphatic rings. The molecule has 0 spiro atoms. The Bertz CT molecular complexity index is 2060. The molecule has 9 rings (SSSR count). The summed E-state index contributed by atoms with van der Waals surface area (Å²) in [7, 11) is 0. The van der Waals surface area contributed by atoms with Gasteiger partial charge in [0, 0.05) is 10.9 Å². The van der Waals surface area contributed by atoms with Gasteiger partial charge in [0.05, 0.1) is 33.8 Å². The van der Waals surface area contributed by atoms with Gasteiger partial charge in [-0.25, -0.2) is 4.98 Å². The second-order valence-electron chi connectivity index (χ2n) is 10.0. The molecule has 0 radical (unpaired) electrons. The number of para-hydroxylation sites is 3. The van der Waals surface area contributed by atoms with Crippen molar-refractivity contribution in [2.24, 2.45) is 0 Å². The Morgan fingerprint density at radius 3 is 1.95 bits per heavy atom. The third-order valence-corrected chi connectivity index (χ3v) is 8.06. The molecule has 6 aromatic carbocycles. The molecule has 0 bridgehead atoms. The quantitative estimate of drug-likeness (QED) is 0.244. The molecule has 0 saturated carbocycles. The minimum atomic E-state index is 0.969. The van der Waals surface area contributed by atoms with Crippen LogP contribution in [-0.4, -0.2) is 9.55 Å². The number of imidazole rings is 1. The van der Waals surface area contributed by atoms with Crippen molar-refractivity contribution < 1.29 is 0 Å². The van der Waals surface area contributed by atoms with Crippen molar-refractivity contribution in [2.75, 3.05) is 4.90 Å². The number of anilines is 3. The zero-order valence-electron chi connectivity index (χ0n) is 20.5. The van der Waals surface area contributed by atoms with Crippen molar-refractivity contribution in [3.8, 4) is 39.3 Å². The lowest BCUT2D eigenvalue weighted by molar-refractivity contribution is 1.06. The van der Waals surface area contributed by atoms with Crippen molar-refractivity contribution in [1.29, 1.82) is 0 Å². The number of nitrogens with zero attached hydrogens (tertiary/aromatic N) is 3. The topological polar surface area (TPSA) is 21.1 Å². The van der Waals surface area contributed by atoms with Crippen LogP contribution >= 0.6 is 0 Å². The van der Waals surface area contributed by atoms with Gasteiger partial charge in [-0.05, 0) is 58.0 Å². The van der Waals surface area contributed by atoms with Gasteiger partial charge >= 0.3 is 0 Å². The van der Waals surface area contributed by atoms with E-state index in [1.807, 2.05) is 0 Å². The van der Waals surface area contributed by atoms with Crippen molar-refractivity contribution >= 4 is 38.9 Å². The summed E-state index contributed by atoms with van der Waals surface area (Å²) < 4.78 is 2.34. The van der Waals surface area contributed by atoms with Crippen LogP contribution in [0.4, 0.5) is 17.1 Å². The maximum absolute atomic E-state index is 5.15. The second kappa shape index (κ2) is 7.21. The van der Waals surface area contributed by atoms with Crippen molar-refractivity contribution in [2.45, 2.75) is 0 Å². The van der Waals surface area contributed by atoms with Crippen molar-refractivity contribution in [1.82, 2.24) is 9.55 Å². The van der Waals surface area contributed by atoms with Gasteiger partial charge in [-0.15, -0.1) is 0 Å². The highest BCUT2D eigenvalue weighted by atomic mass is 15.2. The molecule has 0 N–H and O–H groups in total. The zero-order chi connectivity index (χ0) is 24.8. The van der Waals surface area contributed by atoms with Crippen LogP contribution in [0, 0.1) is 0 Å².